The molecule has 0 aromatic carbocycles. The summed E-state index contributed by atoms with van der Waals surface area (Å²) in [7, 11) is 0. The van der Waals surface area contributed by atoms with Crippen molar-refractivity contribution in [3.8, 4) is 0 Å². The summed E-state index contributed by atoms with van der Waals surface area (Å²) in [4.78, 5) is 52.4. The van der Waals surface area contributed by atoms with Crippen LogP contribution in [0.5, 0.6) is 0 Å². The maximum atomic E-state index is 13.4. The Bertz CT molecular complexity index is 886. The molecule has 5 fully saturated rings. The maximum absolute atomic E-state index is 13.4. The van der Waals surface area contributed by atoms with Gasteiger partial charge in [0.1, 0.15) is 11.1 Å². The van der Waals surface area contributed by atoms with Crippen molar-refractivity contribution in [2.45, 2.75) is 104 Å². The Morgan fingerprint density at radius 3 is 2.43 bits per heavy atom. The number of hydrogen-bond donors (Lipinski definition) is 1. The lowest BCUT2D eigenvalue weighted by molar-refractivity contribution is -1.12. The second kappa shape index (κ2) is 9.05. The third kappa shape index (κ3) is 3.83. The van der Waals surface area contributed by atoms with Crippen molar-refractivity contribution < 1.29 is 34.0 Å². The van der Waals surface area contributed by atoms with E-state index in [9.17, 15) is 24.4 Å². The van der Waals surface area contributed by atoms with Gasteiger partial charge in [-0.15, -0.1) is 0 Å². The zero-order valence-corrected chi connectivity index (χ0v) is 21.4. The van der Waals surface area contributed by atoms with E-state index in [1.54, 1.807) is 0 Å². The molecule has 7 nitrogen and oxygen atoms in total. The first-order valence-electron chi connectivity index (χ1n) is 14.0. The summed E-state index contributed by atoms with van der Waals surface area (Å²) < 4.78 is 0. The Kier molecular flexibility index (Phi) is 6.48. The Hall–Kier alpha value is -1.60. The second-order valence-corrected chi connectivity index (χ2v) is 12.8. The van der Waals surface area contributed by atoms with E-state index >= 15 is 0 Å². The summed E-state index contributed by atoms with van der Waals surface area (Å²) in [6.45, 7) is 4.89. The molecule has 5 aliphatic rings. The predicted octanol–water partition coefficient (Wildman–Crippen LogP) is 5.14. The SMILES string of the molecule is C[C@]12CC[C@H]3[C@@H](CCC4CCCC[C@@]43C)[C@@H]1CC[C@@H]2[C@@H](CCC=O)C(=O)O[N+]1(O)C(=O)CCC1=O. The Labute approximate surface area is 208 Å². The van der Waals surface area contributed by atoms with Gasteiger partial charge in [-0.25, -0.2) is 19.2 Å². The van der Waals surface area contributed by atoms with Crippen LogP contribution in [0.25, 0.3) is 0 Å². The molecule has 4 saturated carbocycles. The molecule has 1 N–H and O–H groups in total. The Balaban J connectivity index is 1.38. The third-order valence-corrected chi connectivity index (χ3v) is 11.5. The molecule has 1 heterocycles. The highest BCUT2D eigenvalue weighted by Crippen LogP contribution is 2.68. The minimum atomic E-state index is -1.87. The minimum Gasteiger partial charge on any atom is -0.303 e. The van der Waals surface area contributed by atoms with Gasteiger partial charge >= 0.3 is 17.8 Å². The van der Waals surface area contributed by atoms with Crippen LogP contribution in [0.3, 0.4) is 0 Å². The molecule has 35 heavy (non-hydrogen) atoms. The molecule has 1 unspecified atom stereocenters. The molecule has 0 bridgehead atoms. The lowest BCUT2D eigenvalue weighted by atomic mass is 9.44. The minimum absolute atomic E-state index is 0.0252. The van der Waals surface area contributed by atoms with Crippen LogP contribution in [0.4, 0.5) is 0 Å². The van der Waals surface area contributed by atoms with Crippen LogP contribution in [-0.2, 0) is 24.0 Å². The summed E-state index contributed by atoms with van der Waals surface area (Å²) in [5.74, 6) is -0.0522. The summed E-state index contributed by atoms with van der Waals surface area (Å²) >= 11 is 0. The van der Waals surface area contributed by atoms with Crippen molar-refractivity contribution in [3.63, 3.8) is 0 Å². The topological polar surface area (TPSA) is 97.7 Å². The van der Waals surface area contributed by atoms with Gasteiger partial charge in [0.15, 0.2) is 0 Å². The number of carbonyl (C=O) groups excluding carboxylic acids is 4. The summed E-state index contributed by atoms with van der Waals surface area (Å²) in [5, 5.41) is 10.5. The average molecular weight is 489 g/mol. The Morgan fingerprint density at radius 2 is 1.71 bits per heavy atom. The normalized spacial score (nSPS) is 43.1. The van der Waals surface area contributed by atoms with Crippen molar-refractivity contribution in [3.05, 3.63) is 0 Å². The van der Waals surface area contributed by atoms with Crippen molar-refractivity contribution in [2.75, 3.05) is 0 Å². The van der Waals surface area contributed by atoms with Gasteiger partial charge in [0.25, 0.3) is 0 Å². The number of fused-ring (bicyclic) bond motifs is 5. The molecule has 5 rings (SSSR count). The first-order valence-corrected chi connectivity index (χ1v) is 14.0. The van der Waals surface area contributed by atoms with Crippen LogP contribution < -0.4 is 0 Å². The van der Waals surface area contributed by atoms with Crippen molar-refractivity contribution in [2.24, 2.45) is 46.3 Å². The van der Waals surface area contributed by atoms with Crippen molar-refractivity contribution >= 4 is 24.1 Å². The van der Waals surface area contributed by atoms with E-state index in [1.807, 2.05) is 0 Å². The fourth-order valence-electron chi connectivity index (χ4n) is 9.68. The number of quaternary nitrogens is 1. The van der Waals surface area contributed by atoms with Gasteiger partial charge in [-0.3, -0.25) is 0 Å². The molecule has 194 valence electrons. The molecule has 7 heteroatoms. The number of hydroxylamine groups is 4. The molecule has 4 aliphatic carbocycles. The fraction of sp³-hybridized carbons (Fsp3) is 0.857. The molecular formula is C28H42NO6+. The van der Waals surface area contributed by atoms with Gasteiger partial charge in [0.05, 0.1) is 18.8 Å². The number of carbonyl (C=O) groups is 4. The lowest BCUT2D eigenvalue weighted by Crippen LogP contribution is -2.54. The summed E-state index contributed by atoms with van der Waals surface area (Å²) in [6.07, 6.45) is 13.3. The average Bonchev–Trinajstić information content (AvgIpc) is 3.30. The van der Waals surface area contributed by atoms with Crippen molar-refractivity contribution in [1.29, 1.82) is 0 Å². The zero-order valence-electron chi connectivity index (χ0n) is 21.4. The maximum Gasteiger partial charge on any atom is 0.397 e. The molecule has 2 amide bonds. The van der Waals surface area contributed by atoms with Crippen LogP contribution >= 0.6 is 0 Å². The second-order valence-electron chi connectivity index (χ2n) is 12.8. The number of rotatable bonds is 6. The highest BCUT2D eigenvalue weighted by atomic mass is 17.0. The molecule has 0 radical (unpaired) electrons. The van der Waals surface area contributed by atoms with Crippen LogP contribution in [0.2, 0.25) is 0 Å². The highest BCUT2D eigenvalue weighted by Gasteiger charge is 2.62. The molecule has 0 aromatic heterocycles. The number of hydrogen-bond acceptors (Lipinski definition) is 6. The molecule has 1 saturated heterocycles. The van der Waals surface area contributed by atoms with Gasteiger partial charge in [-0.2, -0.15) is 5.21 Å². The molecule has 1 aliphatic heterocycles. The number of imide groups is 1. The van der Waals surface area contributed by atoms with Crippen LogP contribution in [-0.4, -0.2) is 34.1 Å². The van der Waals surface area contributed by atoms with E-state index in [1.165, 1.54) is 44.9 Å². The van der Waals surface area contributed by atoms with E-state index in [-0.39, 0.29) is 30.6 Å². The van der Waals surface area contributed by atoms with Gasteiger partial charge in [0, 0.05) is 6.42 Å². The molecular weight excluding hydrogens is 446 g/mol. The van der Waals surface area contributed by atoms with Gasteiger partial charge in [-0.1, -0.05) is 26.7 Å². The zero-order chi connectivity index (χ0) is 25.0. The predicted molar refractivity (Wildman–Crippen MR) is 126 cm³/mol. The van der Waals surface area contributed by atoms with Gasteiger partial charge in [0.2, 0.25) is 0 Å². The van der Waals surface area contributed by atoms with E-state index in [0.717, 1.165) is 37.4 Å². The van der Waals surface area contributed by atoms with Gasteiger partial charge < -0.3 is 4.79 Å². The molecule has 0 aromatic rings. The third-order valence-electron chi connectivity index (χ3n) is 11.5. The van der Waals surface area contributed by atoms with Crippen LogP contribution in [0.1, 0.15) is 104 Å². The quantitative estimate of drug-likeness (QED) is 0.241. The summed E-state index contributed by atoms with van der Waals surface area (Å²) in [5.41, 5.74) is 0.408. The van der Waals surface area contributed by atoms with Crippen LogP contribution in [0.15, 0.2) is 0 Å². The Morgan fingerprint density at radius 1 is 1.00 bits per heavy atom. The first kappa shape index (κ1) is 25.1. The van der Waals surface area contributed by atoms with Crippen LogP contribution in [0, 0.1) is 46.3 Å². The molecule has 0 spiro atoms. The van der Waals surface area contributed by atoms with Gasteiger partial charge in [-0.05, 0) is 98.2 Å². The van der Waals surface area contributed by atoms with E-state index < -0.39 is 28.5 Å². The van der Waals surface area contributed by atoms with E-state index in [4.69, 9.17) is 4.84 Å². The summed E-state index contributed by atoms with van der Waals surface area (Å²) in [6, 6.07) is 0. The fourth-order valence-corrected chi connectivity index (χ4v) is 9.68. The molecule has 8 atom stereocenters. The van der Waals surface area contributed by atoms with Crippen molar-refractivity contribution in [1.82, 2.24) is 0 Å². The lowest BCUT2D eigenvalue weighted by Gasteiger charge is -2.60. The highest BCUT2D eigenvalue weighted by molar-refractivity contribution is 5.91. The van der Waals surface area contributed by atoms with E-state index in [0.29, 0.717) is 23.7 Å². The monoisotopic (exact) mass is 488 g/mol. The first-order chi connectivity index (χ1) is 16.6. The number of nitrogens with zero attached hydrogens (tertiary/aromatic N) is 1. The standard InChI is InChI=1S/C28H42NO6/c1-27-15-4-3-6-18(27)8-9-19-21-10-11-22(28(21,2)16-14-23(19)27)20(7-5-17-30)26(33)35-29(34)24(31)12-13-25(29)32/h17-23,34H,3-16H2,1-2H3/q+1/t18?,19-,20+,21-,22+,23-,27-,28-/m0/s1. The largest absolute Gasteiger partial charge is 0.397 e. The number of aldehydes is 1. The number of amides is 2. The smallest absolute Gasteiger partial charge is 0.303 e. The van der Waals surface area contributed by atoms with E-state index in [2.05, 4.69) is 13.8 Å².